The molecule has 0 aromatic heterocycles. The average Bonchev–Trinajstić information content (AvgIpc) is 2.72. The molecular formula is C14H21NO3S. The van der Waals surface area contributed by atoms with Gasteiger partial charge in [-0.1, -0.05) is 6.92 Å². The summed E-state index contributed by atoms with van der Waals surface area (Å²) < 4.78 is 0. The first-order valence-electron chi connectivity index (χ1n) is 6.99. The highest BCUT2D eigenvalue weighted by molar-refractivity contribution is 8.00. The van der Waals surface area contributed by atoms with E-state index in [1.54, 1.807) is 0 Å². The van der Waals surface area contributed by atoms with Crippen LogP contribution in [0.4, 0.5) is 0 Å². The van der Waals surface area contributed by atoms with Gasteiger partial charge in [-0.25, -0.2) is 0 Å². The third kappa shape index (κ3) is 2.86. The fourth-order valence-electron chi connectivity index (χ4n) is 3.13. The number of Topliss-reactive ketones (excluding diaryl/α,β-unsaturated/α-hetero) is 1. The van der Waals surface area contributed by atoms with Crippen molar-refractivity contribution in [1.82, 2.24) is 4.90 Å². The van der Waals surface area contributed by atoms with Crippen LogP contribution in [0.3, 0.4) is 0 Å². The predicted octanol–water partition coefficient (Wildman–Crippen LogP) is 2.01. The molecule has 1 saturated carbocycles. The summed E-state index contributed by atoms with van der Waals surface area (Å²) in [5.74, 6) is 0.405. The van der Waals surface area contributed by atoms with E-state index in [1.807, 2.05) is 13.2 Å². The van der Waals surface area contributed by atoms with E-state index in [9.17, 15) is 14.4 Å². The Balaban J connectivity index is 1.96. The Hall–Kier alpha value is -0.840. The normalized spacial score (nSPS) is 31.9. The van der Waals surface area contributed by atoms with E-state index in [4.69, 9.17) is 0 Å². The van der Waals surface area contributed by atoms with Crippen LogP contribution in [-0.4, -0.2) is 40.0 Å². The molecular weight excluding hydrogens is 262 g/mol. The highest BCUT2D eigenvalue weighted by Gasteiger charge is 2.43. The third-order valence-electron chi connectivity index (χ3n) is 4.29. The van der Waals surface area contributed by atoms with E-state index in [1.165, 1.54) is 16.7 Å². The summed E-state index contributed by atoms with van der Waals surface area (Å²) in [7, 11) is 0. The molecule has 1 heterocycles. The molecule has 1 aliphatic carbocycles. The second-order valence-electron chi connectivity index (χ2n) is 5.36. The van der Waals surface area contributed by atoms with Crippen LogP contribution >= 0.6 is 11.8 Å². The molecule has 0 radical (unpaired) electrons. The monoisotopic (exact) mass is 283 g/mol. The van der Waals surface area contributed by atoms with Crippen LogP contribution in [0, 0.1) is 5.92 Å². The smallest absolute Gasteiger partial charge is 0.243 e. The fraction of sp³-hybridized carbons (Fsp3) is 0.786. The zero-order valence-electron chi connectivity index (χ0n) is 11.6. The topological polar surface area (TPSA) is 54.5 Å². The number of ketones is 1. The summed E-state index contributed by atoms with van der Waals surface area (Å²) >= 11 is 1.45. The van der Waals surface area contributed by atoms with Crippen molar-refractivity contribution < 1.29 is 14.4 Å². The summed E-state index contributed by atoms with van der Waals surface area (Å²) in [5, 5.41) is -0.192. The fourth-order valence-corrected chi connectivity index (χ4v) is 3.76. The molecule has 5 heteroatoms. The Labute approximate surface area is 118 Å². The third-order valence-corrected chi connectivity index (χ3v) is 5.23. The molecule has 19 heavy (non-hydrogen) atoms. The van der Waals surface area contributed by atoms with Gasteiger partial charge >= 0.3 is 0 Å². The molecule has 2 fully saturated rings. The predicted molar refractivity (Wildman–Crippen MR) is 74.8 cm³/mol. The quantitative estimate of drug-likeness (QED) is 0.741. The van der Waals surface area contributed by atoms with Crippen molar-refractivity contribution in [3.8, 4) is 0 Å². The van der Waals surface area contributed by atoms with Crippen molar-refractivity contribution in [1.29, 1.82) is 0 Å². The number of nitrogens with zero attached hydrogens (tertiary/aromatic N) is 1. The van der Waals surface area contributed by atoms with Crippen LogP contribution in [0.25, 0.3) is 0 Å². The standard InChI is InChI=1S/C14H21NO3S/c1-3-11(16)9-4-6-10(7-5-9)15-13(17)8-12(19-2)14(15)18/h9-10,12H,3-8H2,1-2H3. The molecule has 2 amide bonds. The number of thioether (sulfide) groups is 1. The van der Waals surface area contributed by atoms with Crippen molar-refractivity contribution in [2.24, 2.45) is 5.92 Å². The van der Waals surface area contributed by atoms with Crippen molar-refractivity contribution >= 4 is 29.4 Å². The van der Waals surface area contributed by atoms with E-state index in [0.717, 1.165) is 25.7 Å². The van der Waals surface area contributed by atoms with Crippen molar-refractivity contribution in [2.45, 2.75) is 56.7 Å². The second kappa shape index (κ2) is 6.07. The largest absolute Gasteiger partial charge is 0.299 e. The maximum absolute atomic E-state index is 12.1. The molecule has 0 aromatic carbocycles. The van der Waals surface area contributed by atoms with Gasteiger partial charge in [0.25, 0.3) is 0 Å². The molecule has 0 spiro atoms. The number of likely N-dealkylation sites (tertiary alicyclic amines) is 1. The van der Waals surface area contributed by atoms with Crippen LogP contribution in [0.1, 0.15) is 45.4 Å². The van der Waals surface area contributed by atoms with Crippen LogP contribution < -0.4 is 0 Å². The lowest BCUT2D eigenvalue weighted by molar-refractivity contribution is -0.142. The summed E-state index contributed by atoms with van der Waals surface area (Å²) in [6.45, 7) is 1.89. The second-order valence-corrected chi connectivity index (χ2v) is 6.40. The van der Waals surface area contributed by atoms with Crippen LogP contribution in [-0.2, 0) is 14.4 Å². The van der Waals surface area contributed by atoms with Gasteiger partial charge in [-0.15, -0.1) is 0 Å². The van der Waals surface area contributed by atoms with Crippen molar-refractivity contribution in [3.05, 3.63) is 0 Å². The summed E-state index contributed by atoms with van der Waals surface area (Å²) in [4.78, 5) is 37.2. The van der Waals surface area contributed by atoms with Crippen LogP contribution in [0.15, 0.2) is 0 Å². The lowest BCUT2D eigenvalue weighted by Crippen LogP contribution is -2.43. The molecule has 106 valence electrons. The Bertz CT molecular complexity index is 388. The zero-order chi connectivity index (χ0) is 14.0. The minimum absolute atomic E-state index is 0.0252. The lowest BCUT2D eigenvalue weighted by Gasteiger charge is -2.33. The maximum Gasteiger partial charge on any atom is 0.243 e. The summed E-state index contributed by atoms with van der Waals surface area (Å²) in [5.41, 5.74) is 0. The Morgan fingerprint density at radius 2 is 1.89 bits per heavy atom. The van der Waals surface area contributed by atoms with Crippen molar-refractivity contribution in [2.75, 3.05) is 6.26 Å². The summed E-state index contributed by atoms with van der Waals surface area (Å²) in [6.07, 6.45) is 6.01. The van der Waals surface area contributed by atoms with Crippen LogP contribution in [0.5, 0.6) is 0 Å². The zero-order valence-corrected chi connectivity index (χ0v) is 12.4. The van der Waals surface area contributed by atoms with Gasteiger partial charge in [-0.3, -0.25) is 19.3 Å². The minimum Gasteiger partial charge on any atom is -0.299 e. The van der Waals surface area contributed by atoms with Gasteiger partial charge in [0.2, 0.25) is 11.8 Å². The average molecular weight is 283 g/mol. The number of hydrogen-bond acceptors (Lipinski definition) is 4. The van der Waals surface area contributed by atoms with Crippen LogP contribution in [0.2, 0.25) is 0 Å². The first-order valence-corrected chi connectivity index (χ1v) is 8.28. The molecule has 1 atom stereocenters. The van der Waals surface area contributed by atoms with Gasteiger partial charge in [0.05, 0.1) is 5.25 Å². The number of hydrogen-bond donors (Lipinski definition) is 0. The number of imide groups is 1. The number of amides is 2. The highest BCUT2D eigenvalue weighted by atomic mass is 32.2. The van der Waals surface area contributed by atoms with Gasteiger partial charge in [-0.2, -0.15) is 11.8 Å². The molecule has 0 bridgehead atoms. The molecule has 0 aromatic rings. The Morgan fingerprint density at radius 1 is 1.26 bits per heavy atom. The van der Waals surface area contributed by atoms with E-state index in [2.05, 4.69) is 0 Å². The van der Waals surface area contributed by atoms with E-state index >= 15 is 0 Å². The highest BCUT2D eigenvalue weighted by Crippen LogP contribution is 2.33. The Kier molecular flexibility index (Phi) is 4.66. The van der Waals surface area contributed by atoms with E-state index in [0.29, 0.717) is 18.6 Å². The molecule has 2 rings (SSSR count). The summed E-state index contributed by atoms with van der Waals surface area (Å²) in [6, 6.07) is 0.0260. The molecule has 2 aliphatic rings. The molecule has 1 aliphatic heterocycles. The van der Waals surface area contributed by atoms with Gasteiger partial charge < -0.3 is 0 Å². The van der Waals surface area contributed by atoms with Crippen molar-refractivity contribution in [3.63, 3.8) is 0 Å². The van der Waals surface area contributed by atoms with Gasteiger partial charge in [0.1, 0.15) is 5.78 Å². The maximum atomic E-state index is 12.1. The molecule has 0 N–H and O–H groups in total. The lowest BCUT2D eigenvalue weighted by atomic mass is 9.82. The first kappa shape index (κ1) is 14.6. The number of carbonyl (C=O) groups excluding carboxylic acids is 3. The first-order chi connectivity index (χ1) is 9.08. The molecule has 4 nitrogen and oxygen atoms in total. The molecule has 1 unspecified atom stereocenters. The van der Waals surface area contributed by atoms with E-state index < -0.39 is 0 Å². The molecule has 1 saturated heterocycles. The van der Waals surface area contributed by atoms with Gasteiger partial charge in [0, 0.05) is 24.8 Å². The van der Waals surface area contributed by atoms with Gasteiger partial charge in [-0.05, 0) is 31.9 Å². The number of carbonyl (C=O) groups is 3. The SMILES string of the molecule is CCC(=O)C1CCC(N2C(=O)CC(SC)C2=O)CC1. The van der Waals surface area contributed by atoms with E-state index in [-0.39, 0.29) is 29.0 Å². The number of rotatable bonds is 4. The minimum atomic E-state index is -0.192. The Morgan fingerprint density at radius 3 is 2.37 bits per heavy atom. The van der Waals surface area contributed by atoms with Gasteiger partial charge in [0.15, 0.2) is 0 Å².